The van der Waals surface area contributed by atoms with E-state index in [0.717, 1.165) is 10.2 Å². The minimum absolute atomic E-state index is 0.00383. The van der Waals surface area contributed by atoms with Crippen LogP contribution in [-0.4, -0.2) is 9.97 Å². The van der Waals surface area contributed by atoms with Gasteiger partial charge >= 0.3 is 0 Å². The van der Waals surface area contributed by atoms with Crippen LogP contribution >= 0.6 is 39.7 Å². The molecule has 78 valence electrons. The summed E-state index contributed by atoms with van der Waals surface area (Å²) in [5, 5.41) is 0. The van der Waals surface area contributed by atoms with Gasteiger partial charge in [-0.3, -0.25) is 0 Å². The lowest BCUT2D eigenvalue weighted by Gasteiger charge is -2.20. The zero-order valence-corrected chi connectivity index (χ0v) is 11.5. The van der Waals surface area contributed by atoms with Crippen LogP contribution < -0.4 is 0 Å². The van der Waals surface area contributed by atoms with Crippen molar-refractivity contribution in [1.29, 1.82) is 0 Å². The molecule has 0 saturated heterocycles. The second-order valence-electron chi connectivity index (χ2n) is 4.06. The van der Waals surface area contributed by atoms with Crippen LogP contribution in [0.4, 0.5) is 0 Å². The Balaban J connectivity index is 3.43. The quantitative estimate of drug-likeness (QED) is 0.628. The average molecular weight is 296 g/mol. The van der Waals surface area contributed by atoms with Crippen LogP contribution in [0.15, 0.2) is 4.47 Å². The Morgan fingerprint density at radius 3 is 2.50 bits per heavy atom. The molecule has 2 nitrogen and oxygen atoms in total. The molecule has 0 spiro atoms. The number of alkyl halides is 1. The monoisotopic (exact) mass is 294 g/mol. The van der Waals surface area contributed by atoms with Gasteiger partial charge in [0.2, 0.25) is 0 Å². The molecule has 14 heavy (non-hydrogen) atoms. The number of rotatable bonds is 1. The summed E-state index contributed by atoms with van der Waals surface area (Å²) in [6.07, 6.45) is 0. The highest BCUT2D eigenvalue weighted by Crippen LogP contribution is 2.28. The van der Waals surface area contributed by atoms with Crippen LogP contribution in [0, 0.1) is 4.64 Å². The molecular formula is C9H12BrClN2S. The van der Waals surface area contributed by atoms with E-state index in [0.29, 0.717) is 16.3 Å². The molecule has 0 bridgehead atoms. The Hall–Kier alpha value is 0.0700. The van der Waals surface area contributed by atoms with E-state index in [9.17, 15) is 0 Å². The topological polar surface area (TPSA) is 28.7 Å². The van der Waals surface area contributed by atoms with Gasteiger partial charge in [0.25, 0.3) is 0 Å². The van der Waals surface area contributed by atoms with Crippen LogP contribution in [-0.2, 0) is 11.3 Å². The Labute approximate surface area is 102 Å². The Morgan fingerprint density at radius 2 is 2.07 bits per heavy atom. The lowest BCUT2D eigenvalue weighted by molar-refractivity contribution is 0.559. The highest BCUT2D eigenvalue weighted by molar-refractivity contribution is 9.10. The van der Waals surface area contributed by atoms with Crippen LogP contribution in [0.3, 0.4) is 0 Å². The fourth-order valence-electron chi connectivity index (χ4n) is 1.09. The molecule has 0 aromatic carbocycles. The van der Waals surface area contributed by atoms with Crippen molar-refractivity contribution in [2.75, 3.05) is 0 Å². The van der Waals surface area contributed by atoms with E-state index in [1.54, 1.807) is 0 Å². The fraction of sp³-hybridized carbons (Fsp3) is 0.556. The van der Waals surface area contributed by atoms with Crippen molar-refractivity contribution in [2.45, 2.75) is 32.1 Å². The Kier molecular flexibility index (Phi) is 3.72. The zero-order chi connectivity index (χ0) is 10.9. The van der Waals surface area contributed by atoms with E-state index in [-0.39, 0.29) is 5.41 Å². The van der Waals surface area contributed by atoms with Gasteiger partial charge in [-0.1, -0.05) is 33.0 Å². The maximum atomic E-state index is 5.72. The second kappa shape index (κ2) is 4.29. The maximum absolute atomic E-state index is 5.72. The van der Waals surface area contributed by atoms with Crippen molar-refractivity contribution >= 4 is 39.7 Å². The maximum Gasteiger partial charge on any atom is 0.144 e. The summed E-state index contributed by atoms with van der Waals surface area (Å²) in [6.45, 7) is 6.32. The van der Waals surface area contributed by atoms with Gasteiger partial charge in [0.1, 0.15) is 10.5 Å². The van der Waals surface area contributed by atoms with Crippen LogP contribution in [0.25, 0.3) is 0 Å². The summed E-state index contributed by atoms with van der Waals surface area (Å²) in [5.74, 6) is 1.06. The molecule has 0 aliphatic carbocycles. The minimum Gasteiger partial charge on any atom is -0.345 e. The van der Waals surface area contributed by atoms with E-state index in [1.807, 2.05) is 0 Å². The molecule has 0 amide bonds. The van der Waals surface area contributed by atoms with Gasteiger partial charge in [0, 0.05) is 11.1 Å². The number of hydrogen-bond acceptors (Lipinski definition) is 2. The number of H-pyrrole nitrogens is 1. The number of aromatic nitrogens is 2. The molecule has 0 aliphatic heterocycles. The second-order valence-corrected chi connectivity index (χ2v) is 5.51. The molecule has 0 atom stereocenters. The molecule has 0 radical (unpaired) electrons. The number of halogens is 2. The summed E-state index contributed by atoms with van der Waals surface area (Å²) in [4.78, 5) is 7.33. The predicted molar refractivity (Wildman–Crippen MR) is 65.4 cm³/mol. The van der Waals surface area contributed by atoms with E-state index >= 15 is 0 Å². The molecule has 0 unspecified atom stereocenters. The first-order valence-corrected chi connectivity index (χ1v) is 5.95. The van der Waals surface area contributed by atoms with Gasteiger partial charge in [-0.05, 0) is 15.9 Å². The number of hydrogen-bond donors (Lipinski definition) is 1. The first-order valence-electron chi connectivity index (χ1n) is 4.21. The van der Waals surface area contributed by atoms with Crippen molar-refractivity contribution in [3.05, 3.63) is 20.6 Å². The van der Waals surface area contributed by atoms with Crippen molar-refractivity contribution < 1.29 is 0 Å². The van der Waals surface area contributed by atoms with Crippen LogP contribution in [0.1, 0.15) is 32.3 Å². The molecular weight excluding hydrogens is 284 g/mol. The van der Waals surface area contributed by atoms with Gasteiger partial charge in [-0.2, -0.15) is 0 Å². The molecule has 1 aromatic heterocycles. The first kappa shape index (κ1) is 12.1. The summed E-state index contributed by atoms with van der Waals surface area (Å²) in [7, 11) is 0. The SMILES string of the molecule is CC(C)(C)c1[nH]c(CCl)nc(=S)c1Br. The summed E-state index contributed by atoms with van der Waals surface area (Å²) >= 11 is 14.3. The van der Waals surface area contributed by atoms with E-state index in [4.69, 9.17) is 23.8 Å². The van der Waals surface area contributed by atoms with Crippen molar-refractivity contribution in [3.8, 4) is 0 Å². The molecule has 0 aliphatic rings. The number of nitrogens with one attached hydrogen (secondary N) is 1. The average Bonchev–Trinajstić information content (AvgIpc) is 2.07. The van der Waals surface area contributed by atoms with Gasteiger partial charge in [-0.25, -0.2) is 4.98 Å². The third-order valence-corrected chi connectivity index (χ3v) is 3.37. The standard InChI is InChI=1S/C9H12BrClN2S/c1-9(2,3)7-6(10)8(14)13-5(4-11)12-7/h4H2,1-3H3,(H,12,13,14). The predicted octanol–water partition coefficient (Wildman–Crippen LogP) is 3.94. The van der Waals surface area contributed by atoms with E-state index < -0.39 is 0 Å². The zero-order valence-electron chi connectivity index (χ0n) is 8.32. The highest BCUT2D eigenvalue weighted by atomic mass is 79.9. The highest BCUT2D eigenvalue weighted by Gasteiger charge is 2.19. The summed E-state index contributed by atoms with van der Waals surface area (Å²) in [6, 6.07) is 0. The Morgan fingerprint density at radius 1 is 1.50 bits per heavy atom. The van der Waals surface area contributed by atoms with Gasteiger partial charge in [-0.15, -0.1) is 11.6 Å². The van der Waals surface area contributed by atoms with Crippen molar-refractivity contribution in [1.82, 2.24) is 9.97 Å². The lowest BCUT2D eigenvalue weighted by Crippen LogP contribution is -2.16. The summed E-state index contributed by atoms with van der Waals surface area (Å²) < 4.78 is 1.41. The first-order chi connectivity index (χ1) is 6.36. The lowest BCUT2D eigenvalue weighted by atomic mass is 9.92. The molecule has 0 saturated carbocycles. The molecule has 1 N–H and O–H groups in total. The smallest absolute Gasteiger partial charge is 0.144 e. The largest absolute Gasteiger partial charge is 0.345 e. The molecule has 1 rings (SSSR count). The van der Waals surface area contributed by atoms with Crippen LogP contribution in [0.2, 0.25) is 0 Å². The fourth-order valence-corrected chi connectivity index (χ4v) is 2.21. The molecule has 1 heterocycles. The minimum atomic E-state index is -0.00383. The van der Waals surface area contributed by atoms with E-state index in [1.165, 1.54) is 0 Å². The van der Waals surface area contributed by atoms with Gasteiger partial charge in [0.15, 0.2) is 0 Å². The van der Waals surface area contributed by atoms with Crippen molar-refractivity contribution in [2.24, 2.45) is 0 Å². The van der Waals surface area contributed by atoms with Gasteiger partial charge in [0.05, 0.1) is 10.4 Å². The van der Waals surface area contributed by atoms with E-state index in [2.05, 4.69) is 46.7 Å². The van der Waals surface area contributed by atoms with Gasteiger partial charge < -0.3 is 4.98 Å². The number of nitrogens with zero attached hydrogens (tertiary/aromatic N) is 1. The van der Waals surface area contributed by atoms with Crippen LogP contribution in [0.5, 0.6) is 0 Å². The molecule has 1 aromatic rings. The number of aromatic amines is 1. The molecule has 0 fully saturated rings. The Bertz CT molecular complexity index is 395. The molecule has 5 heteroatoms. The van der Waals surface area contributed by atoms with Crippen molar-refractivity contribution in [3.63, 3.8) is 0 Å². The third kappa shape index (κ3) is 2.55. The third-order valence-electron chi connectivity index (χ3n) is 1.79. The normalized spacial score (nSPS) is 11.8. The summed E-state index contributed by atoms with van der Waals surface area (Å²) in [5.41, 5.74) is 1.03.